The summed E-state index contributed by atoms with van der Waals surface area (Å²) in [5.41, 5.74) is 1.78. The van der Waals surface area contributed by atoms with Crippen LogP contribution in [0.25, 0.3) is 0 Å². The molecule has 0 bridgehead atoms. The molecule has 0 heterocycles. The monoisotopic (exact) mass is 249 g/mol. The van der Waals surface area contributed by atoms with Gasteiger partial charge < -0.3 is 9.94 Å². The first-order valence-corrected chi connectivity index (χ1v) is 6.41. The van der Waals surface area contributed by atoms with Gasteiger partial charge in [0.2, 0.25) is 0 Å². The first-order valence-electron chi connectivity index (χ1n) is 6.41. The molecule has 0 amide bonds. The molecule has 0 aliphatic rings. The third kappa shape index (κ3) is 4.40. The fraction of sp³-hybridized carbons (Fsp3) is 0.533. The van der Waals surface area contributed by atoms with Crippen molar-refractivity contribution in [2.75, 3.05) is 6.61 Å². The Labute approximate surface area is 109 Å². The van der Waals surface area contributed by atoms with Crippen molar-refractivity contribution in [2.24, 2.45) is 10.6 Å². The molecule has 1 aromatic carbocycles. The van der Waals surface area contributed by atoms with Gasteiger partial charge in [-0.2, -0.15) is 0 Å². The van der Waals surface area contributed by atoms with Crippen molar-refractivity contribution in [3.63, 3.8) is 0 Å². The molecule has 1 aromatic rings. The Kier molecular flexibility index (Phi) is 5.20. The van der Waals surface area contributed by atoms with E-state index in [2.05, 4.69) is 25.9 Å². The van der Waals surface area contributed by atoms with Gasteiger partial charge in [-0.1, -0.05) is 45.0 Å². The molecule has 0 aliphatic carbocycles. The summed E-state index contributed by atoms with van der Waals surface area (Å²) in [6.45, 7) is 9.20. The third-order valence-corrected chi connectivity index (χ3v) is 2.76. The lowest BCUT2D eigenvalue weighted by molar-refractivity contribution is 0.242. The second-order valence-electron chi connectivity index (χ2n) is 5.56. The molecular weight excluding hydrogens is 226 g/mol. The molecule has 1 rings (SSSR count). The van der Waals surface area contributed by atoms with Crippen LogP contribution in [-0.2, 0) is 0 Å². The van der Waals surface area contributed by atoms with Crippen LogP contribution >= 0.6 is 0 Å². The Morgan fingerprint density at radius 1 is 1.28 bits per heavy atom. The van der Waals surface area contributed by atoms with Crippen LogP contribution < -0.4 is 4.74 Å². The number of rotatable bonds is 5. The summed E-state index contributed by atoms with van der Waals surface area (Å²) < 4.78 is 5.81. The van der Waals surface area contributed by atoms with Gasteiger partial charge in [0.05, 0.1) is 12.3 Å². The van der Waals surface area contributed by atoms with Gasteiger partial charge in [0.25, 0.3) is 0 Å². The molecule has 3 nitrogen and oxygen atoms in total. The first-order chi connectivity index (χ1) is 8.48. The van der Waals surface area contributed by atoms with Gasteiger partial charge in [-0.25, -0.2) is 0 Å². The smallest absolute Gasteiger partial charge is 0.128 e. The number of oxime groups is 1. The minimum atomic E-state index is 0.258. The summed E-state index contributed by atoms with van der Waals surface area (Å²) in [5.74, 6) is 0.788. The zero-order valence-corrected chi connectivity index (χ0v) is 11.7. The van der Waals surface area contributed by atoms with Gasteiger partial charge >= 0.3 is 0 Å². The lowest BCUT2D eigenvalue weighted by Gasteiger charge is -2.19. The maximum Gasteiger partial charge on any atom is 0.128 e. The summed E-state index contributed by atoms with van der Waals surface area (Å²) >= 11 is 0. The van der Waals surface area contributed by atoms with E-state index in [1.165, 1.54) is 0 Å². The molecule has 0 saturated carbocycles. The van der Waals surface area contributed by atoms with Crippen LogP contribution in [0.1, 0.15) is 46.1 Å². The molecule has 0 fully saturated rings. The fourth-order valence-electron chi connectivity index (χ4n) is 1.61. The third-order valence-electron chi connectivity index (χ3n) is 2.76. The molecule has 18 heavy (non-hydrogen) atoms. The van der Waals surface area contributed by atoms with Crippen LogP contribution in [0.3, 0.4) is 0 Å². The maximum atomic E-state index is 8.99. The quantitative estimate of drug-likeness (QED) is 0.485. The average Bonchev–Trinajstić information content (AvgIpc) is 2.31. The number of ether oxygens (including phenoxy) is 1. The predicted octanol–water partition coefficient (Wildman–Crippen LogP) is 4.09. The van der Waals surface area contributed by atoms with E-state index in [-0.39, 0.29) is 5.41 Å². The summed E-state index contributed by atoms with van der Waals surface area (Å²) in [6, 6.07) is 7.69. The summed E-state index contributed by atoms with van der Waals surface area (Å²) in [7, 11) is 0. The second kappa shape index (κ2) is 6.43. The average molecular weight is 249 g/mol. The summed E-state index contributed by atoms with van der Waals surface area (Å²) in [5, 5.41) is 12.3. The Hall–Kier alpha value is -1.51. The molecular formula is C15H23NO2. The lowest BCUT2D eigenvalue weighted by atomic mass is 9.93. The van der Waals surface area contributed by atoms with E-state index in [4.69, 9.17) is 9.94 Å². The molecule has 0 aliphatic heterocycles. The van der Waals surface area contributed by atoms with Crippen molar-refractivity contribution in [3.05, 3.63) is 29.8 Å². The highest BCUT2D eigenvalue weighted by Gasteiger charge is 2.12. The number of nitrogens with zero attached hydrogens (tertiary/aromatic N) is 1. The zero-order chi connectivity index (χ0) is 13.6. The molecule has 0 saturated heterocycles. The van der Waals surface area contributed by atoms with E-state index >= 15 is 0 Å². The molecule has 0 aromatic heterocycles. The minimum absolute atomic E-state index is 0.258. The van der Waals surface area contributed by atoms with Crippen LogP contribution in [0.15, 0.2) is 29.4 Å². The number of hydrogen-bond acceptors (Lipinski definition) is 3. The lowest BCUT2D eigenvalue weighted by Crippen LogP contribution is -2.12. The van der Waals surface area contributed by atoms with Gasteiger partial charge in [-0.05, 0) is 30.4 Å². The Bertz CT molecular complexity index is 405. The molecule has 100 valence electrons. The van der Waals surface area contributed by atoms with Gasteiger partial charge in [0.15, 0.2) is 0 Å². The topological polar surface area (TPSA) is 41.8 Å². The van der Waals surface area contributed by atoms with Crippen molar-refractivity contribution >= 4 is 5.71 Å². The Balaban J connectivity index is 2.77. The Morgan fingerprint density at radius 3 is 2.50 bits per heavy atom. The van der Waals surface area contributed by atoms with E-state index in [1.807, 2.05) is 31.2 Å². The van der Waals surface area contributed by atoms with Gasteiger partial charge in [-0.3, -0.25) is 0 Å². The molecule has 0 spiro atoms. The minimum Gasteiger partial charge on any atom is -0.493 e. The van der Waals surface area contributed by atoms with E-state index < -0.39 is 0 Å². The van der Waals surface area contributed by atoms with Crippen LogP contribution in [-0.4, -0.2) is 17.5 Å². The largest absolute Gasteiger partial charge is 0.493 e. The molecule has 0 radical (unpaired) electrons. The first kappa shape index (κ1) is 14.6. The standard InChI is InChI=1S/C15H23NO2/c1-5-13(16-17)12-8-6-7-9-14(12)18-11-10-15(2,3)4/h6-9,17H,5,10-11H2,1-4H3. The van der Waals surface area contributed by atoms with E-state index in [0.29, 0.717) is 18.7 Å². The van der Waals surface area contributed by atoms with Crippen molar-refractivity contribution in [3.8, 4) is 5.75 Å². The van der Waals surface area contributed by atoms with Crippen LogP contribution in [0.2, 0.25) is 0 Å². The maximum absolute atomic E-state index is 8.99. The van der Waals surface area contributed by atoms with Gasteiger partial charge in [-0.15, -0.1) is 0 Å². The highest BCUT2D eigenvalue weighted by Crippen LogP contribution is 2.23. The predicted molar refractivity (Wildman–Crippen MR) is 74.6 cm³/mol. The van der Waals surface area contributed by atoms with Crippen LogP contribution in [0.5, 0.6) is 5.75 Å². The van der Waals surface area contributed by atoms with Gasteiger partial charge in [0.1, 0.15) is 5.75 Å². The number of hydrogen-bond donors (Lipinski definition) is 1. The van der Waals surface area contributed by atoms with E-state index in [0.717, 1.165) is 17.7 Å². The van der Waals surface area contributed by atoms with Crippen molar-refractivity contribution in [1.82, 2.24) is 0 Å². The molecule has 0 atom stereocenters. The molecule has 1 N–H and O–H groups in total. The highest BCUT2D eigenvalue weighted by atomic mass is 16.5. The Morgan fingerprint density at radius 2 is 1.94 bits per heavy atom. The van der Waals surface area contributed by atoms with Crippen molar-refractivity contribution in [1.29, 1.82) is 0 Å². The zero-order valence-electron chi connectivity index (χ0n) is 11.7. The van der Waals surface area contributed by atoms with E-state index in [1.54, 1.807) is 0 Å². The normalized spacial score (nSPS) is 12.6. The fourth-order valence-corrected chi connectivity index (χ4v) is 1.61. The van der Waals surface area contributed by atoms with Crippen molar-refractivity contribution < 1.29 is 9.94 Å². The highest BCUT2D eigenvalue weighted by molar-refractivity contribution is 6.02. The van der Waals surface area contributed by atoms with Gasteiger partial charge in [0, 0.05) is 5.56 Å². The second-order valence-corrected chi connectivity index (χ2v) is 5.56. The van der Waals surface area contributed by atoms with Crippen LogP contribution in [0.4, 0.5) is 0 Å². The molecule has 3 heteroatoms. The van der Waals surface area contributed by atoms with Crippen LogP contribution in [0, 0.1) is 5.41 Å². The number of para-hydroxylation sites is 1. The summed E-state index contributed by atoms with van der Waals surface area (Å²) in [6.07, 6.45) is 1.66. The summed E-state index contributed by atoms with van der Waals surface area (Å²) in [4.78, 5) is 0. The molecule has 0 unspecified atom stereocenters. The SMILES string of the molecule is CCC(=NO)c1ccccc1OCCC(C)(C)C. The van der Waals surface area contributed by atoms with E-state index in [9.17, 15) is 0 Å². The van der Waals surface area contributed by atoms with Crippen molar-refractivity contribution in [2.45, 2.75) is 40.5 Å². The number of benzene rings is 1.